The Morgan fingerprint density at radius 3 is 2.77 bits per heavy atom. The molecule has 2 aromatic carbocycles. The van der Waals surface area contributed by atoms with Gasteiger partial charge in [0.1, 0.15) is 13.2 Å². The number of nitrogen functional groups attached to an aromatic ring is 1. The Balaban J connectivity index is 1.29. The van der Waals surface area contributed by atoms with Crippen molar-refractivity contribution in [1.29, 1.82) is 0 Å². The lowest BCUT2D eigenvalue weighted by Gasteiger charge is -2.18. The van der Waals surface area contributed by atoms with Crippen LogP contribution in [0.2, 0.25) is 5.02 Å². The van der Waals surface area contributed by atoms with Crippen molar-refractivity contribution in [3.8, 4) is 11.5 Å². The van der Waals surface area contributed by atoms with Crippen LogP contribution in [0.5, 0.6) is 11.5 Å². The van der Waals surface area contributed by atoms with E-state index in [-0.39, 0.29) is 17.6 Å². The van der Waals surface area contributed by atoms with E-state index in [4.69, 9.17) is 26.9 Å². The molecule has 31 heavy (non-hydrogen) atoms. The van der Waals surface area contributed by atoms with Crippen molar-refractivity contribution >= 4 is 47.1 Å². The second-order valence-electron chi connectivity index (χ2n) is 6.29. The summed E-state index contributed by atoms with van der Waals surface area (Å²) >= 11 is 7.00. The topological polar surface area (TPSA) is 129 Å². The van der Waals surface area contributed by atoms with Crippen LogP contribution in [0, 0.1) is 0 Å². The molecule has 12 heteroatoms. The van der Waals surface area contributed by atoms with Crippen molar-refractivity contribution in [3.63, 3.8) is 0 Å². The Hall–Kier alpha value is -3.44. The Kier molecular flexibility index (Phi) is 6.43. The van der Waals surface area contributed by atoms with Crippen LogP contribution in [0.4, 0.5) is 11.6 Å². The number of halogens is 1. The van der Waals surface area contributed by atoms with Gasteiger partial charge in [0.25, 0.3) is 5.95 Å². The molecule has 0 atom stereocenters. The standard InChI is InChI=1S/C19H18ClN7O3S/c20-13-3-1-12(2-4-13)10-22-24-18-25-26-19(27(18)21)31-11-17(28)23-14-5-6-15-16(9-14)30-8-7-29-15/h1-6,9-10H,7-8,11,21H2,(H,23,28)(H,24,25)/b22-10+. The van der Waals surface area contributed by atoms with Crippen molar-refractivity contribution in [1.82, 2.24) is 14.9 Å². The molecule has 4 N–H and O–H groups in total. The summed E-state index contributed by atoms with van der Waals surface area (Å²) in [5, 5.41) is 15.8. The average molecular weight is 460 g/mol. The van der Waals surface area contributed by atoms with E-state index in [2.05, 4.69) is 26.0 Å². The smallest absolute Gasteiger partial charge is 0.264 e. The summed E-state index contributed by atoms with van der Waals surface area (Å²) in [6.07, 6.45) is 1.60. The van der Waals surface area contributed by atoms with Crippen molar-refractivity contribution in [3.05, 3.63) is 53.1 Å². The highest BCUT2D eigenvalue weighted by Crippen LogP contribution is 2.32. The number of benzene rings is 2. The third-order valence-corrected chi connectivity index (χ3v) is 5.27. The van der Waals surface area contributed by atoms with Crippen molar-refractivity contribution in [2.75, 3.05) is 35.6 Å². The third kappa shape index (κ3) is 5.38. The summed E-state index contributed by atoms with van der Waals surface area (Å²) in [4.78, 5) is 12.3. The monoisotopic (exact) mass is 459 g/mol. The summed E-state index contributed by atoms with van der Waals surface area (Å²) < 4.78 is 12.2. The lowest BCUT2D eigenvalue weighted by Crippen LogP contribution is -2.18. The number of nitrogens with one attached hydrogen (secondary N) is 2. The van der Waals surface area contributed by atoms with Gasteiger partial charge in [-0.2, -0.15) is 5.10 Å². The second-order valence-corrected chi connectivity index (χ2v) is 7.67. The maximum atomic E-state index is 12.3. The van der Waals surface area contributed by atoms with E-state index in [1.165, 1.54) is 4.68 Å². The molecule has 0 spiro atoms. The van der Waals surface area contributed by atoms with Crippen molar-refractivity contribution < 1.29 is 14.3 Å². The summed E-state index contributed by atoms with van der Waals surface area (Å²) in [6, 6.07) is 12.4. The maximum Gasteiger partial charge on any atom is 0.264 e. The number of rotatable bonds is 7. The van der Waals surface area contributed by atoms with Crippen LogP contribution in [0.15, 0.2) is 52.7 Å². The van der Waals surface area contributed by atoms with Gasteiger partial charge in [-0.15, -0.1) is 10.2 Å². The van der Waals surface area contributed by atoms with Gasteiger partial charge in [-0.05, 0) is 29.8 Å². The number of anilines is 2. The number of nitrogens with two attached hydrogens (primary N) is 1. The molecule has 0 fully saturated rings. The zero-order valence-corrected chi connectivity index (χ0v) is 17.7. The fourth-order valence-corrected chi connectivity index (χ4v) is 3.40. The molecule has 0 radical (unpaired) electrons. The van der Waals surface area contributed by atoms with Crippen LogP contribution < -0.4 is 26.1 Å². The van der Waals surface area contributed by atoms with E-state index in [1.807, 2.05) is 12.1 Å². The summed E-state index contributed by atoms with van der Waals surface area (Å²) in [5.41, 5.74) is 4.18. The first kappa shape index (κ1) is 20.8. The van der Waals surface area contributed by atoms with E-state index in [1.54, 1.807) is 36.5 Å². The predicted octanol–water partition coefficient (Wildman–Crippen LogP) is 2.59. The molecule has 0 unspecified atom stereocenters. The van der Waals surface area contributed by atoms with Crippen molar-refractivity contribution in [2.45, 2.75) is 5.16 Å². The van der Waals surface area contributed by atoms with Gasteiger partial charge in [-0.25, -0.2) is 10.1 Å². The number of thioether (sulfide) groups is 1. The lowest BCUT2D eigenvalue weighted by atomic mass is 10.2. The van der Waals surface area contributed by atoms with E-state index in [0.717, 1.165) is 17.3 Å². The lowest BCUT2D eigenvalue weighted by molar-refractivity contribution is -0.113. The summed E-state index contributed by atoms with van der Waals surface area (Å²) in [5.74, 6) is 7.35. The molecule has 1 aromatic heterocycles. The van der Waals surface area contributed by atoms with Gasteiger partial charge in [0.2, 0.25) is 11.1 Å². The van der Waals surface area contributed by atoms with E-state index in [0.29, 0.717) is 40.6 Å². The number of amides is 1. The second kappa shape index (κ2) is 9.58. The Morgan fingerprint density at radius 2 is 1.97 bits per heavy atom. The minimum Gasteiger partial charge on any atom is -0.486 e. The van der Waals surface area contributed by atoms with Gasteiger partial charge >= 0.3 is 0 Å². The highest BCUT2D eigenvalue weighted by atomic mass is 35.5. The number of hydrogen-bond donors (Lipinski definition) is 3. The molecule has 0 saturated carbocycles. The quantitative estimate of drug-likeness (QED) is 0.213. The van der Waals surface area contributed by atoms with E-state index < -0.39 is 0 Å². The maximum absolute atomic E-state index is 12.3. The SMILES string of the molecule is Nn1c(N/N=C/c2ccc(Cl)cc2)nnc1SCC(=O)Nc1ccc2c(c1)OCCO2. The number of aromatic nitrogens is 3. The number of carbonyl (C=O) groups is 1. The highest BCUT2D eigenvalue weighted by molar-refractivity contribution is 7.99. The first-order valence-electron chi connectivity index (χ1n) is 9.16. The average Bonchev–Trinajstić information content (AvgIpc) is 3.13. The number of fused-ring (bicyclic) bond motifs is 1. The zero-order chi connectivity index (χ0) is 21.6. The van der Waals surface area contributed by atoms with Crippen LogP contribution in [0.3, 0.4) is 0 Å². The van der Waals surface area contributed by atoms with Gasteiger partial charge in [0.05, 0.1) is 12.0 Å². The Bertz CT molecular complexity index is 1100. The first-order valence-corrected chi connectivity index (χ1v) is 10.5. The van der Waals surface area contributed by atoms with Gasteiger partial charge in [-0.1, -0.05) is 35.5 Å². The van der Waals surface area contributed by atoms with Crippen LogP contribution in [-0.4, -0.2) is 46.0 Å². The van der Waals surface area contributed by atoms with Gasteiger partial charge in [-0.3, -0.25) is 4.79 Å². The minimum absolute atomic E-state index is 0.0951. The van der Waals surface area contributed by atoms with Crippen LogP contribution in [-0.2, 0) is 4.79 Å². The summed E-state index contributed by atoms with van der Waals surface area (Å²) in [6.45, 7) is 0.991. The number of ether oxygens (including phenoxy) is 2. The molecule has 0 saturated heterocycles. The van der Waals surface area contributed by atoms with Crippen LogP contribution in [0.1, 0.15) is 5.56 Å². The molecular weight excluding hydrogens is 442 g/mol. The molecule has 10 nitrogen and oxygen atoms in total. The molecule has 3 aromatic rings. The van der Waals surface area contributed by atoms with Crippen LogP contribution >= 0.6 is 23.4 Å². The zero-order valence-electron chi connectivity index (χ0n) is 16.1. The fourth-order valence-electron chi connectivity index (χ4n) is 2.61. The predicted molar refractivity (Wildman–Crippen MR) is 120 cm³/mol. The fraction of sp³-hybridized carbons (Fsp3) is 0.158. The summed E-state index contributed by atoms with van der Waals surface area (Å²) in [7, 11) is 0. The number of nitrogens with zero attached hydrogens (tertiary/aromatic N) is 4. The third-order valence-electron chi connectivity index (χ3n) is 4.07. The van der Waals surface area contributed by atoms with Crippen LogP contribution in [0.25, 0.3) is 0 Å². The molecular formula is C19H18ClN7O3S. The van der Waals surface area contributed by atoms with Crippen molar-refractivity contribution in [2.24, 2.45) is 5.10 Å². The number of hydrogen-bond acceptors (Lipinski definition) is 9. The normalized spacial score (nSPS) is 12.7. The molecule has 1 aliphatic heterocycles. The van der Waals surface area contributed by atoms with Gasteiger partial charge < -0.3 is 20.6 Å². The highest BCUT2D eigenvalue weighted by Gasteiger charge is 2.15. The number of hydrazone groups is 1. The Labute approximate surface area is 186 Å². The first-order chi connectivity index (χ1) is 15.1. The van der Waals surface area contributed by atoms with E-state index in [9.17, 15) is 4.79 Å². The largest absolute Gasteiger partial charge is 0.486 e. The minimum atomic E-state index is -0.222. The molecule has 0 bridgehead atoms. The molecule has 0 aliphatic carbocycles. The molecule has 160 valence electrons. The van der Waals surface area contributed by atoms with E-state index >= 15 is 0 Å². The Morgan fingerprint density at radius 1 is 1.19 bits per heavy atom. The molecule has 1 amide bonds. The molecule has 1 aliphatic rings. The van der Waals surface area contributed by atoms with Gasteiger partial charge in [0, 0.05) is 16.8 Å². The molecule has 4 rings (SSSR count). The van der Waals surface area contributed by atoms with Gasteiger partial charge in [0.15, 0.2) is 11.5 Å². The molecule has 2 heterocycles. The number of carbonyl (C=O) groups excluding carboxylic acids is 1.